The Balaban J connectivity index is 2.34. The van der Waals surface area contributed by atoms with E-state index < -0.39 is 5.97 Å². The largest absolute Gasteiger partial charge is 0.480 e. The molecule has 0 aromatic heterocycles. The lowest BCUT2D eigenvalue weighted by Gasteiger charge is -2.21. The van der Waals surface area contributed by atoms with Crippen molar-refractivity contribution in [3.05, 3.63) is 0 Å². The molecule has 5 nitrogen and oxygen atoms in total. The molecule has 1 saturated carbocycles. The maximum Gasteiger partial charge on any atom is 0.323 e. The Hall–Kier alpha value is -1.26. The van der Waals surface area contributed by atoms with E-state index in [0.717, 1.165) is 19.3 Å². The van der Waals surface area contributed by atoms with Gasteiger partial charge in [-0.3, -0.25) is 4.79 Å². The van der Waals surface area contributed by atoms with Crippen LogP contribution >= 0.6 is 0 Å². The fourth-order valence-electron chi connectivity index (χ4n) is 1.33. The second kappa shape index (κ2) is 4.83. The maximum atomic E-state index is 11.5. The minimum Gasteiger partial charge on any atom is -0.480 e. The summed E-state index contributed by atoms with van der Waals surface area (Å²) in [5.74, 6) is -1.01. The molecule has 0 atom stereocenters. The van der Waals surface area contributed by atoms with Gasteiger partial charge in [-0.25, -0.2) is 4.79 Å². The Labute approximate surface area is 83.1 Å². The summed E-state index contributed by atoms with van der Waals surface area (Å²) >= 11 is 0. The average Bonchev–Trinajstić information content (AvgIpc) is 2.93. The highest BCUT2D eigenvalue weighted by Crippen LogP contribution is 2.26. The van der Waals surface area contributed by atoms with E-state index in [1.54, 1.807) is 4.90 Å². The molecule has 0 aromatic carbocycles. The molecule has 5 heteroatoms. The van der Waals surface area contributed by atoms with E-state index in [4.69, 9.17) is 5.11 Å². The molecule has 0 spiro atoms. The van der Waals surface area contributed by atoms with E-state index in [0.29, 0.717) is 12.6 Å². The van der Waals surface area contributed by atoms with Gasteiger partial charge in [0.1, 0.15) is 6.54 Å². The molecule has 14 heavy (non-hydrogen) atoms. The molecule has 2 amide bonds. The number of carboxylic acid groups (broad SMARTS) is 1. The lowest BCUT2D eigenvalue weighted by molar-refractivity contribution is -0.135. The molecule has 0 unspecified atom stereocenters. The SMILES string of the molecule is CCCN(C(=O)NCC(=O)O)C1CC1. The summed E-state index contributed by atoms with van der Waals surface area (Å²) in [6.45, 7) is 2.40. The molecule has 0 saturated heterocycles. The zero-order chi connectivity index (χ0) is 10.6. The zero-order valence-corrected chi connectivity index (χ0v) is 8.32. The van der Waals surface area contributed by atoms with E-state index in [1.165, 1.54) is 0 Å². The van der Waals surface area contributed by atoms with Crippen LogP contribution in [0, 0.1) is 0 Å². The van der Waals surface area contributed by atoms with Crippen molar-refractivity contribution >= 4 is 12.0 Å². The summed E-state index contributed by atoms with van der Waals surface area (Å²) in [5, 5.41) is 10.8. The van der Waals surface area contributed by atoms with Crippen molar-refractivity contribution in [3.8, 4) is 0 Å². The van der Waals surface area contributed by atoms with Gasteiger partial charge in [-0.15, -0.1) is 0 Å². The molecule has 1 fully saturated rings. The third-order valence-corrected chi connectivity index (χ3v) is 2.10. The number of nitrogens with one attached hydrogen (secondary N) is 1. The van der Waals surface area contributed by atoms with Gasteiger partial charge in [0, 0.05) is 12.6 Å². The van der Waals surface area contributed by atoms with Gasteiger partial charge in [-0.1, -0.05) is 6.92 Å². The van der Waals surface area contributed by atoms with E-state index in [2.05, 4.69) is 5.32 Å². The predicted molar refractivity (Wildman–Crippen MR) is 51.1 cm³/mol. The second-order valence-corrected chi connectivity index (χ2v) is 3.48. The summed E-state index contributed by atoms with van der Waals surface area (Å²) in [6.07, 6.45) is 2.98. The molecule has 2 N–H and O–H groups in total. The van der Waals surface area contributed by atoms with Crippen molar-refractivity contribution < 1.29 is 14.7 Å². The predicted octanol–water partition coefficient (Wildman–Crippen LogP) is 0.655. The van der Waals surface area contributed by atoms with Crippen LogP contribution in [0.5, 0.6) is 0 Å². The lowest BCUT2D eigenvalue weighted by Crippen LogP contribution is -2.43. The summed E-state index contributed by atoms with van der Waals surface area (Å²) in [5.41, 5.74) is 0. The molecular weight excluding hydrogens is 184 g/mol. The van der Waals surface area contributed by atoms with Crippen LogP contribution in [0.15, 0.2) is 0 Å². The first-order chi connectivity index (χ1) is 6.65. The molecule has 0 aliphatic heterocycles. The fraction of sp³-hybridized carbons (Fsp3) is 0.778. The van der Waals surface area contributed by atoms with Crippen molar-refractivity contribution in [3.63, 3.8) is 0 Å². The van der Waals surface area contributed by atoms with Crippen LogP contribution in [0.4, 0.5) is 4.79 Å². The van der Waals surface area contributed by atoms with Crippen LogP contribution in [0.3, 0.4) is 0 Å². The lowest BCUT2D eigenvalue weighted by atomic mass is 10.4. The molecular formula is C9H16N2O3. The first-order valence-corrected chi connectivity index (χ1v) is 4.91. The van der Waals surface area contributed by atoms with E-state index in [1.807, 2.05) is 6.92 Å². The quantitative estimate of drug-likeness (QED) is 0.684. The number of aliphatic carboxylic acids is 1. The highest BCUT2D eigenvalue weighted by molar-refractivity contribution is 5.80. The van der Waals surface area contributed by atoms with E-state index in [9.17, 15) is 9.59 Å². The summed E-state index contributed by atoms with van der Waals surface area (Å²) in [7, 11) is 0. The Bertz CT molecular complexity index is 226. The van der Waals surface area contributed by atoms with Gasteiger partial charge < -0.3 is 15.3 Å². The molecule has 0 radical (unpaired) electrons. The second-order valence-electron chi connectivity index (χ2n) is 3.48. The first-order valence-electron chi connectivity index (χ1n) is 4.91. The Morgan fingerprint density at radius 1 is 1.50 bits per heavy atom. The molecule has 0 bridgehead atoms. The molecule has 0 aromatic rings. The number of nitrogens with zero attached hydrogens (tertiary/aromatic N) is 1. The van der Waals surface area contributed by atoms with Crippen molar-refractivity contribution in [2.45, 2.75) is 32.2 Å². The summed E-state index contributed by atoms with van der Waals surface area (Å²) < 4.78 is 0. The molecule has 1 rings (SSSR count). The molecule has 80 valence electrons. The van der Waals surface area contributed by atoms with Crippen LogP contribution in [-0.4, -0.2) is 41.1 Å². The van der Waals surface area contributed by atoms with Gasteiger partial charge >= 0.3 is 12.0 Å². The zero-order valence-electron chi connectivity index (χ0n) is 8.32. The smallest absolute Gasteiger partial charge is 0.323 e. The number of rotatable bonds is 5. The van der Waals surface area contributed by atoms with Gasteiger partial charge in [0.2, 0.25) is 0 Å². The normalized spacial score (nSPS) is 14.9. The first kappa shape index (κ1) is 10.8. The molecule has 1 aliphatic carbocycles. The van der Waals surface area contributed by atoms with Crippen LogP contribution in [0.2, 0.25) is 0 Å². The number of urea groups is 1. The highest BCUT2D eigenvalue weighted by Gasteiger charge is 2.31. The highest BCUT2D eigenvalue weighted by atomic mass is 16.4. The Morgan fingerprint density at radius 3 is 2.57 bits per heavy atom. The number of carbonyl (C=O) groups is 2. The van der Waals surface area contributed by atoms with Crippen LogP contribution in [0.25, 0.3) is 0 Å². The van der Waals surface area contributed by atoms with Gasteiger partial charge in [-0.2, -0.15) is 0 Å². The standard InChI is InChI=1S/C9H16N2O3/c1-2-5-11(7-3-4-7)9(14)10-6-8(12)13/h7H,2-6H2,1H3,(H,10,14)(H,12,13). The Kier molecular flexibility index (Phi) is 3.73. The van der Waals surface area contributed by atoms with Gasteiger partial charge in [0.05, 0.1) is 0 Å². The summed E-state index contributed by atoms with van der Waals surface area (Å²) in [4.78, 5) is 23.4. The van der Waals surface area contributed by atoms with E-state index in [-0.39, 0.29) is 12.6 Å². The molecule has 1 aliphatic rings. The minimum atomic E-state index is -1.01. The fourth-order valence-corrected chi connectivity index (χ4v) is 1.33. The number of carboxylic acids is 1. The van der Waals surface area contributed by atoms with Crippen LogP contribution in [0.1, 0.15) is 26.2 Å². The van der Waals surface area contributed by atoms with Gasteiger partial charge in [0.25, 0.3) is 0 Å². The number of hydrogen-bond donors (Lipinski definition) is 2. The summed E-state index contributed by atoms with van der Waals surface area (Å²) in [6, 6.07) is 0.0838. The van der Waals surface area contributed by atoms with Crippen molar-refractivity contribution in [1.82, 2.24) is 10.2 Å². The third-order valence-electron chi connectivity index (χ3n) is 2.10. The van der Waals surface area contributed by atoms with Crippen molar-refractivity contribution in [2.75, 3.05) is 13.1 Å². The monoisotopic (exact) mass is 200 g/mol. The number of hydrogen-bond acceptors (Lipinski definition) is 2. The van der Waals surface area contributed by atoms with Crippen LogP contribution < -0.4 is 5.32 Å². The number of carbonyl (C=O) groups excluding carboxylic acids is 1. The number of amides is 2. The topological polar surface area (TPSA) is 69.6 Å². The average molecular weight is 200 g/mol. The minimum absolute atomic E-state index is 0.253. The third kappa shape index (κ3) is 3.24. The van der Waals surface area contributed by atoms with Crippen LogP contribution in [-0.2, 0) is 4.79 Å². The Morgan fingerprint density at radius 2 is 2.14 bits per heavy atom. The van der Waals surface area contributed by atoms with Gasteiger partial charge in [-0.05, 0) is 19.3 Å². The maximum absolute atomic E-state index is 11.5. The van der Waals surface area contributed by atoms with E-state index >= 15 is 0 Å². The molecule has 0 heterocycles. The van der Waals surface area contributed by atoms with Crippen molar-refractivity contribution in [2.24, 2.45) is 0 Å². The van der Waals surface area contributed by atoms with Gasteiger partial charge in [0.15, 0.2) is 0 Å². The van der Waals surface area contributed by atoms with Crippen molar-refractivity contribution in [1.29, 1.82) is 0 Å².